The van der Waals surface area contributed by atoms with Crippen LogP contribution in [-0.2, 0) is 4.74 Å². The number of nitriles is 1. The number of aryl methyl sites for hydroxylation is 1. The van der Waals surface area contributed by atoms with Gasteiger partial charge in [0.05, 0.1) is 12.2 Å². The van der Waals surface area contributed by atoms with Gasteiger partial charge in [-0.2, -0.15) is 5.26 Å². The molecule has 0 bridgehead atoms. The fraction of sp³-hybridized carbons (Fsp3) is 0.188. The van der Waals surface area contributed by atoms with Gasteiger partial charge in [-0.25, -0.2) is 4.79 Å². The van der Waals surface area contributed by atoms with Gasteiger partial charge in [-0.3, -0.25) is 4.79 Å². The van der Waals surface area contributed by atoms with Gasteiger partial charge in [0.25, 0.3) is 5.56 Å². The van der Waals surface area contributed by atoms with E-state index in [4.69, 9.17) is 16.3 Å². The topological polar surface area (TPSA) is 83.0 Å². The minimum absolute atomic E-state index is 0.145. The number of benzene rings is 1. The zero-order chi connectivity index (χ0) is 16.3. The molecule has 1 heterocycles. The molecule has 0 unspecified atom stereocenters. The van der Waals surface area contributed by atoms with Crippen LogP contribution in [0.3, 0.4) is 0 Å². The molecule has 0 saturated carbocycles. The van der Waals surface area contributed by atoms with Gasteiger partial charge < -0.3 is 9.72 Å². The van der Waals surface area contributed by atoms with Gasteiger partial charge in [-0.05, 0) is 19.9 Å². The number of carbonyl (C=O) groups is 1. The van der Waals surface area contributed by atoms with Gasteiger partial charge in [-0.15, -0.1) is 0 Å². The fourth-order valence-electron chi connectivity index (χ4n) is 2.22. The van der Waals surface area contributed by atoms with E-state index in [9.17, 15) is 14.9 Å². The Bertz CT molecular complexity index is 834. The summed E-state index contributed by atoms with van der Waals surface area (Å²) in [6.45, 7) is 3.44. The number of ether oxygens (including phenoxy) is 1. The number of H-pyrrole nitrogens is 1. The molecule has 5 nitrogen and oxygen atoms in total. The summed E-state index contributed by atoms with van der Waals surface area (Å²) in [5.41, 5.74) is 0.388. The highest BCUT2D eigenvalue weighted by atomic mass is 35.5. The second-order valence-corrected chi connectivity index (χ2v) is 4.92. The third-order valence-corrected chi connectivity index (χ3v) is 3.47. The number of nitrogens with one attached hydrogen (secondary N) is 1. The highest BCUT2D eigenvalue weighted by Gasteiger charge is 2.24. The Morgan fingerprint density at radius 2 is 2.09 bits per heavy atom. The first kappa shape index (κ1) is 15.8. The lowest BCUT2D eigenvalue weighted by Gasteiger charge is -2.14. The van der Waals surface area contributed by atoms with Crippen LogP contribution in [0.25, 0.3) is 11.1 Å². The molecule has 1 N–H and O–H groups in total. The van der Waals surface area contributed by atoms with E-state index in [1.54, 1.807) is 38.1 Å². The van der Waals surface area contributed by atoms with Crippen molar-refractivity contribution in [2.75, 3.05) is 6.61 Å². The Labute approximate surface area is 132 Å². The second kappa shape index (κ2) is 6.46. The molecule has 2 rings (SSSR count). The van der Waals surface area contributed by atoms with Crippen molar-refractivity contribution in [2.24, 2.45) is 0 Å². The van der Waals surface area contributed by atoms with Gasteiger partial charge in [-0.1, -0.05) is 29.8 Å². The number of carbonyl (C=O) groups excluding carboxylic acids is 1. The van der Waals surface area contributed by atoms with Crippen LogP contribution in [0, 0.1) is 18.3 Å². The summed E-state index contributed by atoms with van der Waals surface area (Å²) in [5, 5.41) is 9.66. The Morgan fingerprint density at radius 3 is 2.68 bits per heavy atom. The molecule has 0 spiro atoms. The van der Waals surface area contributed by atoms with Crippen LogP contribution < -0.4 is 5.56 Å². The average Bonchev–Trinajstić information content (AvgIpc) is 2.47. The molecule has 0 fully saturated rings. The number of halogens is 1. The Kier molecular flexibility index (Phi) is 4.64. The van der Waals surface area contributed by atoms with Gasteiger partial charge in [0.15, 0.2) is 0 Å². The molecule has 22 heavy (non-hydrogen) atoms. The average molecular weight is 317 g/mol. The number of rotatable bonds is 3. The summed E-state index contributed by atoms with van der Waals surface area (Å²) in [5.74, 6) is -0.609. The molecule has 1 aromatic carbocycles. The van der Waals surface area contributed by atoms with Crippen LogP contribution in [0.15, 0.2) is 29.1 Å². The first-order chi connectivity index (χ1) is 10.5. The second-order valence-electron chi connectivity index (χ2n) is 4.52. The molecule has 0 amide bonds. The van der Waals surface area contributed by atoms with Crippen LogP contribution in [0.2, 0.25) is 5.02 Å². The monoisotopic (exact) mass is 316 g/mol. The molecule has 0 aliphatic heterocycles. The third-order valence-electron chi connectivity index (χ3n) is 3.14. The Morgan fingerprint density at radius 1 is 1.41 bits per heavy atom. The van der Waals surface area contributed by atoms with Crippen LogP contribution in [0.1, 0.15) is 28.5 Å². The van der Waals surface area contributed by atoms with Crippen molar-refractivity contribution in [3.8, 4) is 17.2 Å². The predicted molar refractivity (Wildman–Crippen MR) is 82.9 cm³/mol. The Hall–Kier alpha value is -2.58. The van der Waals surface area contributed by atoms with Crippen molar-refractivity contribution >= 4 is 17.6 Å². The molecule has 0 aliphatic carbocycles. The van der Waals surface area contributed by atoms with Crippen molar-refractivity contribution in [3.05, 3.63) is 56.5 Å². The minimum atomic E-state index is -0.609. The molecular weight excluding hydrogens is 304 g/mol. The number of aromatic amines is 1. The van der Waals surface area contributed by atoms with E-state index in [-0.39, 0.29) is 23.3 Å². The Balaban J connectivity index is 2.91. The number of esters is 1. The maximum absolute atomic E-state index is 12.3. The van der Waals surface area contributed by atoms with Crippen LogP contribution >= 0.6 is 11.6 Å². The molecule has 0 aliphatic rings. The summed E-state index contributed by atoms with van der Waals surface area (Å²) in [4.78, 5) is 26.8. The van der Waals surface area contributed by atoms with Crippen LogP contribution in [0.4, 0.5) is 0 Å². The van der Waals surface area contributed by atoms with E-state index >= 15 is 0 Å². The zero-order valence-corrected chi connectivity index (χ0v) is 12.8. The molecule has 0 saturated heterocycles. The van der Waals surface area contributed by atoms with Gasteiger partial charge in [0, 0.05) is 21.8 Å². The molecule has 0 radical (unpaired) electrons. The summed E-state index contributed by atoms with van der Waals surface area (Å²) in [6, 6.07) is 8.57. The van der Waals surface area contributed by atoms with Gasteiger partial charge in [0.1, 0.15) is 11.6 Å². The van der Waals surface area contributed by atoms with E-state index in [0.717, 1.165) is 0 Å². The number of pyridine rings is 1. The van der Waals surface area contributed by atoms with Gasteiger partial charge in [0.2, 0.25) is 0 Å². The van der Waals surface area contributed by atoms with Crippen molar-refractivity contribution in [3.63, 3.8) is 0 Å². The molecule has 6 heteroatoms. The van der Waals surface area contributed by atoms with E-state index in [2.05, 4.69) is 4.98 Å². The number of nitrogens with zero attached hydrogens (tertiary/aromatic N) is 1. The van der Waals surface area contributed by atoms with Crippen molar-refractivity contribution in [1.82, 2.24) is 4.98 Å². The number of hydrogen-bond acceptors (Lipinski definition) is 4. The summed E-state index contributed by atoms with van der Waals surface area (Å²) in [7, 11) is 0. The van der Waals surface area contributed by atoms with Crippen LogP contribution in [0.5, 0.6) is 0 Å². The van der Waals surface area contributed by atoms with E-state index < -0.39 is 11.5 Å². The number of hydrogen-bond donors (Lipinski definition) is 1. The fourth-order valence-corrected chi connectivity index (χ4v) is 2.45. The van der Waals surface area contributed by atoms with Crippen molar-refractivity contribution in [2.45, 2.75) is 13.8 Å². The summed E-state index contributed by atoms with van der Waals surface area (Å²) in [6.07, 6.45) is 0. The standard InChI is InChI=1S/C16H13ClN2O3/c1-3-22-16(21)13-9(2)19-15(20)11(8-18)14(13)10-6-4-5-7-12(10)17/h4-7H,3H2,1-2H3,(H,19,20). The van der Waals surface area contributed by atoms with Crippen molar-refractivity contribution in [1.29, 1.82) is 5.26 Å². The SMILES string of the molecule is CCOC(=O)c1c(C)[nH]c(=O)c(C#N)c1-c1ccccc1Cl. The quantitative estimate of drug-likeness (QED) is 0.882. The predicted octanol–water partition coefficient (Wildman–Crippen LogP) is 3.05. The highest BCUT2D eigenvalue weighted by molar-refractivity contribution is 6.33. The lowest BCUT2D eigenvalue weighted by Crippen LogP contribution is -2.20. The summed E-state index contributed by atoms with van der Waals surface area (Å²) >= 11 is 6.17. The number of aromatic nitrogens is 1. The normalized spacial score (nSPS) is 10.1. The van der Waals surface area contributed by atoms with E-state index in [1.807, 2.05) is 6.07 Å². The van der Waals surface area contributed by atoms with Gasteiger partial charge >= 0.3 is 5.97 Å². The first-order valence-electron chi connectivity index (χ1n) is 6.60. The largest absolute Gasteiger partial charge is 0.462 e. The zero-order valence-electron chi connectivity index (χ0n) is 12.1. The smallest absolute Gasteiger partial charge is 0.340 e. The molecule has 0 atom stereocenters. The van der Waals surface area contributed by atoms with Crippen molar-refractivity contribution < 1.29 is 9.53 Å². The third kappa shape index (κ3) is 2.74. The molecule has 112 valence electrons. The molecular formula is C16H13ClN2O3. The first-order valence-corrected chi connectivity index (χ1v) is 6.98. The summed E-state index contributed by atoms with van der Waals surface area (Å²) < 4.78 is 5.04. The van der Waals surface area contributed by atoms with Crippen LogP contribution in [-0.4, -0.2) is 17.6 Å². The maximum atomic E-state index is 12.3. The lowest BCUT2D eigenvalue weighted by molar-refractivity contribution is 0.0526. The lowest BCUT2D eigenvalue weighted by atomic mass is 9.95. The van der Waals surface area contributed by atoms with E-state index in [1.165, 1.54) is 0 Å². The maximum Gasteiger partial charge on any atom is 0.340 e. The molecule has 2 aromatic rings. The highest BCUT2D eigenvalue weighted by Crippen LogP contribution is 2.33. The van der Waals surface area contributed by atoms with E-state index in [0.29, 0.717) is 16.3 Å². The minimum Gasteiger partial charge on any atom is -0.462 e. The molecule has 1 aromatic heterocycles.